The molecule has 0 amide bonds. The number of phenols is 1. The first-order chi connectivity index (χ1) is 26.3. The summed E-state index contributed by atoms with van der Waals surface area (Å²) in [5.74, 6) is -11.1. The van der Waals surface area contributed by atoms with E-state index in [0.29, 0.717) is 0 Å². The number of carbonyl (C=O) groups is 9. The number of carbonyl (C=O) groups excluding carboxylic acids is 9. The van der Waals surface area contributed by atoms with Crippen molar-refractivity contribution in [3.63, 3.8) is 0 Å². The number of aromatic hydroxyl groups is 1. The third-order valence-electron chi connectivity index (χ3n) is 8.43. The lowest BCUT2D eigenvalue weighted by molar-refractivity contribution is -0.322. The fraction of sp³-hybridized carbons (Fsp3) is 0.528. The normalized spacial score (nSPS) is 28.3. The molecule has 20 nitrogen and oxygen atoms in total. The van der Waals surface area contributed by atoms with Crippen LogP contribution in [0.1, 0.15) is 69.2 Å². The standard InChI is InChI=1S/C36H40O20/c1-14(37)47-12-25-28(31-34(52-19(6)42)33(51-18(5)41)30(49-16(3)39)26(54-31)13-48-15(2)38)32(50-17(4)40)35(53-20(7)43)36(56-25)55-24-11-23(45)21-9-8-10-22(44)27(21)29(24)46/h8-11,25-26,28,30-36,44H,12-13H2,1-7H3/t25-,26-,28?,30-,31-,32+,33?,34+,35-,36-/m1/s1. The Labute approximate surface area is 318 Å². The number of phenolic OH excluding ortho intramolecular Hbond substituents is 1. The number of fused-ring (bicyclic) bond motifs is 1. The van der Waals surface area contributed by atoms with E-state index in [2.05, 4.69) is 0 Å². The van der Waals surface area contributed by atoms with Crippen molar-refractivity contribution in [3.05, 3.63) is 41.2 Å². The number of hydrogen-bond donors (Lipinski definition) is 1. The van der Waals surface area contributed by atoms with Crippen LogP contribution < -0.4 is 0 Å². The van der Waals surface area contributed by atoms with E-state index in [4.69, 9.17) is 47.4 Å². The van der Waals surface area contributed by atoms with Gasteiger partial charge < -0.3 is 52.5 Å². The van der Waals surface area contributed by atoms with Crippen LogP contribution in [0.3, 0.4) is 0 Å². The van der Waals surface area contributed by atoms with Crippen molar-refractivity contribution in [1.82, 2.24) is 0 Å². The number of hydrogen-bond acceptors (Lipinski definition) is 20. The number of Topliss-reactive ketones (excluding diaryl/α,β-unsaturated/α-hetero) is 1. The monoisotopic (exact) mass is 792 g/mol. The van der Waals surface area contributed by atoms with Crippen molar-refractivity contribution in [1.29, 1.82) is 0 Å². The molecule has 2 saturated heterocycles. The molecule has 0 aromatic heterocycles. The van der Waals surface area contributed by atoms with Crippen LogP contribution >= 0.6 is 0 Å². The summed E-state index contributed by atoms with van der Waals surface area (Å²) in [5, 5.41) is 10.4. The van der Waals surface area contributed by atoms with Crippen LogP contribution in [0.2, 0.25) is 0 Å². The maximum absolute atomic E-state index is 13.6. The van der Waals surface area contributed by atoms with Gasteiger partial charge >= 0.3 is 41.8 Å². The van der Waals surface area contributed by atoms with Crippen molar-refractivity contribution < 1.29 is 95.6 Å². The Morgan fingerprint density at radius 2 is 1.11 bits per heavy atom. The summed E-state index contributed by atoms with van der Waals surface area (Å²) in [6.45, 7) is 5.71. The van der Waals surface area contributed by atoms with E-state index >= 15 is 0 Å². The average Bonchev–Trinajstić information content (AvgIpc) is 3.07. The van der Waals surface area contributed by atoms with E-state index in [9.17, 15) is 48.3 Å². The Kier molecular flexibility index (Phi) is 13.9. The molecule has 0 saturated carbocycles. The molecule has 3 aliphatic rings. The molecular formula is C36H40O20. The first-order valence-electron chi connectivity index (χ1n) is 17.0. The number of ether oxygens (including phenoxy) is 10. The SMILES string of the molecule is CC(=O)OC[C@H]1O[C@@H](OC2=CC(=O)c3cccc(O)c3C2=O)[C@H](OC(C)=O)[C@@H](OC(C)=O)C1[C@H]1O[C@H](COC(C)=O)[C@@H](OC(C)=O)C(OC(C)=O)[C@H]1OC(C)=O. The van der Waals surface area contributed by atoms with Gasteiger partial charge in [-0.05, 0) is 6.07 Å². The highest BCUT2D eigenvalue weighted by atomic mass is 16.7. The minimum Gasteiger partial charge on any atom is -0.507 e. The highest BCUT2D eigenvalue weighted by molar-refractivity contribution is 6.24. The zero-order chi connectivity index (χ0) is 41.6. The Morgan fingerprint density at radius 1 is 0.607 bits per heavy atom. The summed E-state index contributed by atoms with van der Waals surface area (Å²) in [4.78, 5) is 114. The predicted molar refractivity (Wildman–Crippen MR) is 178 cm³/mol. The molecule has 56 heavy (non-hydrogen) atoms. The minimum atomic E-state index is -1.94. The van der Waals surface area contributed by atoms with Crippen LogP contribution in [0.15, 0.2) is 30.0 Å². The van der Waals surface area contributed by atoms with Crippen LogP contribution in [0.5, 0.6) is 5.75 Å². The van der Waals surface area contributed by atoms with Crippen molar-refractivity contribution in [2.45, 2.75) is 104 Å². The second-order valence-corrected chi connectivity index (χ2v) is 12.8. The van der Waals surface area contributed by atoms with E-state index in [1.54, 1.807) is 0 Å². The molecule has 0 bridgehead atoms. The second kappa shape index (κ2) is 18.2. The van der Waals surface area contributed by atoms with Crippen molar-refractivity contribution in [2.75, 3.05) is 13.2 Å². The van der Waals surface area contributed by atoms with Crippen LogP contribution in [0.25, 0.3) is 0 Å². The Bertz CT molecular complexity index is 1800. The summed E-state index contributed by atoms with van der Waals surface area (Å²) < 4.78 is 56.7. The van der Waals surface area contributed by atoms with Gasteiger partial charge in [-0.3, -0.25) is 43.2 Å². The van der Waals surface area contributed by atoms with Crippen molar-refractivity contribution in [2.24, 2.45) is 5.92 Å². The van der Waals surface area contributed by atoms with Gasteiger partial charge in [-0.15, -0.1) is 0 Å². The number of allylic oxidation sites excluding steroid dienone is 2. The zero-order valence-electron chi connectivity index (χ0n) is 31.2. The second-order valence-electron chi connectivity index (χ2n) is 12.8. The van der Waals surface area contributed by atoms with E-state index in [1.807, 2.05) is 0 Å². The molecule has 2 heterocycles. The fourth-order valence-corrected chi connectivity index (χ4v) is 6.57. The Hall–Kier alpha value is -5.89. The van der Waals surface area contributed by atoms with Crippen molar-refractivity contribution >= 4 is 53.4 Å². The molecule has 1 N–H and O–H groups in total. The first-order valence-corrected chi connectivity index (χ1v) is 17.0. The molecule has 20 heteroatoms. The highest BCUT2D eigenvalue weighted by Crippen LogP contribution is 2.42. The number of esters is 7. The fourth-order valence-electron chi connectivity index (χ4n) is 6.57. The van der Waals surface area contributed by atoms with Gasteiger partial charge in [-0.2, -0.15) is 0 Å². The summed E-state index contributed by atoms with van der Waals surface area (Å²) in [6.07, 6.45) is -14.7. The molecule has 2 unspecified atom stereocenters. The molecule has 10 atom stereocenters. The maximum Gasteiger partial charge on any atom is 0.303 e. The molecule has 1 aromatic rings. The lowest BCUT2D eigenvalue weighted by Crippen LogP contribution is -2.70. The van der Waals surface area contributed by atoms with Gasteiger partial charge in [0.05, 0.1) is 11.5 Å². The quantitative estimate of drug-likeness (QED) is 0.224. The number of ketones is 2. The largest absolute Gasteiger partial charge is 0.507 e. The molecule has 2 aliphatic heterocycles. The zero-order valence-corrected chi connectivity index (χ0v) is 31.2. The highest BCUT2D eigenvalue weighted by Gasteiger charge is 2.62. The van der Waals surface area contributed by atoms with Crippen LogP contribution in [-0.4, -0.2) is 127 Å². The maximum atomic E-state index is 13.6. The summed E-state index contributed by atoms with van der Waals surface area (Å²) in [7, 11) is 0. The first kappa shape index (κ1) is 42.8. The van der Waals surface area contributed by atoms with Gasteiger partial charge in [0, 0.05) is 60.1 Å². The Morgan fingerprint density at radius 3 is 1.66 bits per heavy atom. The molecule has 1 aromatic carbocycles. The van der Waals surface area contributed by atoms with Crippen LogP contribution in [-0.2, 0) is 80.9 Å². The van der Waals surface area contributed by atoms with Gasteiger partial charge in [-0.1, -0.05) is 12.1 Å². The van der Waals surface area contributed by atoms with Crippen LogP contribution in [0.4, 0.5) is 0 Å². The molecule has 0 spiro atoms. The van der Waals surface area contributed by atoms with E-state index in [1.165, 1.54) is 12.1 Å². The predicted octanol–water partition coefficient (Wildman–Crippen LogP) is 0.565. The van der Waals surface area contributed by atoms with Crippen molar-refractivity contribution in [3.8, 4) is 5.75 Å². The molecule has 304 valence electrons. The Balaban J connectivity index is 1.92. The smallest absolute Gasteiger partial charge is 0.303 e. The van der Waals surface area contributed by atoms with Gasteiger partial charge in [0.2, 0.25) is 18.2 Å². The van der Waals surface area contributed by atoms with Gasteiger partial charge in [0.25, 0.3) is 0 Å². The summed E-state index contributed by atoms with van der Waals surface area (Å²) in [5.41, 5.74) is -0.545. The van der Waals surface area contributed by atoms with E-state index in [-0.39, 0.29) is 5.56 Å². The van der Waals surface area contributed by atoms with Crippen LogP contribution in [0, 0.1) is 5.92 Å². The molecular weight excluding hydrogens is 752 g/mol. The van der Waals surface area contributed by atoms with Gasteiger partial charge in [-0.25, -0.2) is 0 Å². The summed E-state index contributed by atoms with van der Waals surface area (Å²) in [6, 6.07) is 3.80. The minimum absolute atomic E-state index is 0.141. The average molecular weight is 793 g/mol. The molecule has 4 rings (SSSR count). The molecule has 0 radical (unpaired) electrons. The lowest BCUT2D eigenvalue weighted by Gasteiger charge is -2.52. The van der Waals surface area contributed by atoms with E-state index < -0.39 is 145 Å². The summed E-state index contributed by atoms with van der Waals surface area (Å²) >= 11 is 0. The molecule has 1 aliphatic carbocycles. The number of rotatable bonds is 12. The third-order valence-corrected chi connectivity index (χ3v) is 8.43. The van der Waals surface area contributed by atoms with Gasteiger partial charge in [0.15, 0.2) is 36.0 Å². The number of benzene rings is 1. The molecule has 2 fully saturated rings. The topological polar surface area (TPSA) is 266 Å². The van der Waals surface area contributed by atoms with Gasteiger partial charge in [0.1, 0.15) is 37.3 Å². The van der Waals surface area contributed by atoms with E-state index in [0.717, 1.165) is 60.6 Å². The third kappa shape index (κ3) is 10.2. The lowest BCUT2D eigenvalue weighted by atomic mass is 9.78.